The Hall–Kier alpha value is -1.51. The first-order valence-electron chi connectivity index (χ1n) is 7.48. The lowest BCUT2D eigenvalue weighted by molar-refractivity contribution is 0.00578. The summed E-state index contributed by atoms with van der Waals surface area (Å²) in [5, 5.41) is 9.12. The van der Waals surface area contributed by atoms with Gasteiger partial charge in [0.25, 0.3) is 0 Å². The highest BCUT2D eigenvalue weighted by Gasteiger charge is 2.52. The number of carbonyl (C=O) groups is 1. The van der Waals surface area contributed by atoms with Gasteiger partial charge in [-0.05, 0) is 45.3 Å². The highest BCUT2D eigenvalue weighted by molar-refractivity contribution is 7.80. The van der Waals surface area contributed by atoms with E-state index >= 15 is 0 Å². The van der Waals surface area contributed by atoms with Crippen molar-refractivity contribution in [2.24, 2.45) is 0 Å². The van der Waals surface area contributed by atoms with Crippen molar-refractivity contribution in [3.05, 3.63) is 34.5 Å². The van der Waals surface area contributed by atoms with Crippen LogP contribution in [-0.2, 0) is 9.31 Å². The molecule has 1 aliphatic rings. The molecule has 0 spiro atoms. The molecule has 0 aliphatic carbocycles. The zero-order chi connectivity index (χ0) is 18.3. The summed E-state index contributed by atoms with van der Waals surface area (Å²) in [5.41, 5.74) is 5.39. The number of carboxylic acids is 1. The molecule has 2 rings (SSSR count). The van der Waals surface area contributed by atoms with Crippen molar-refractivity contribution in [2.45, 2.75) is 38.9 Å². The summed E-state index contributed by atoms with van der Waals surface area (Å²) in [5.74, 6) is -1.68. The van der Waals surface area contributed by atoms with Crippen molar-refractivity contribution in [3.8, 4) is 0 Å². The Bertz CT molecular complexity index is 690. The quantitative estimate of drug-likeness (QED) is 0.440. The molecule has 3 N–H and O–H groups in total. The number of carboxylic acid groups (broad SMARTS) is 1. The lowest BCUT2D eigenvalue weighted by atomic mass is 9.78. The molecule has 1 saturated heterocycles. The van der Waals surface area contributed by atoms with E-state index in [-0.39, 0.29) is 22.6 Å². The van der Waals surface area contributed by atoms with Crippen molar-refractivity contribution < 1.29 is 23.6 Å². The highest BCUT2D eigenvalue weighted by atomic mass is 32.1. The molecule has 0 aromatic heterocycles. The molecule has 1 aliphatic heterocycles. The van der Waals surface area contributed by atoms with Crippen LogP contribution in [0.15, 0.2) is 17.6 Å². The Morgan fingerprint density at radius 1 is 1.33 bits per heavy atom. The van der Waals surface area contributed by atoms with Crippen molar-refractivity contribution in [1.29, 1.82) is 0 Å². The number of rotatable bonds is 4. The standard InChI is InChI=1S/C16H21BFNO4S/c1-15(2)16(3,4)23-17(22-15)10(8-24)5-9-6-11(18)7-12(13(9)19)14(20)21/h5-7,24H,8,19H2,1-4H3,(H,20,21). The van der Waals surface area contributed by atoms with Crippen LogP contribution in [0.1, 0.15) is 43.6 Å². The molecule has 0 radical (unpaired) electrons. The van der Waals surface area contributed by atoms with Gasteiger partial charge in [0.2, 0.25) is 0 Å². The zero-order valence-electron chi connectivity index (χ0n) is 14.1. The van der Waals surface area contributed by atoms with E-state index in [4.69, 9.17) is 20.1 Å². The summed E-state index contributed by atoms with van der Waals surface area (Å²) in [6.45, 7) is 7.68. The second-order valence-corrected chi connectivity index (χ2v) is 7.04. The Morgan fingerprint density at radius 2 is 1.88 bits per heavy atom. The Balaban J connectivity index is 2.44. The largest absolute Gasteiger partial charge is 0.491 e. The van der Waals surface area contributed by atoms with Crippen LogP contribution >= 0.6 is 12.6 Å². The van der Waals surface area contributed by atoms with Gasteiger partial charge in [0.15, 0.2) is 0 Å². The number of halogens is 1. The average Bonchev–Trinajstić information content (AvgIpc) is 2.67. The zero-order valence-corrected chi connectivity index (χ0v) is 15.0. The van der Waals surface area contributed by atoms with Crippen LogP contribution in [0.2, 0.25) is 0 Å². The van der Waals surface area contributed by atoms with Crippen LogP contribution in [0.3, 0.4) is 0 Å². The van der Waals surface area contributed by atoms with Gasteiger partial charge in [-0.25, -0.2) is 9.18 Å². The lowest BCUT2D eigenvalue weighted by Crippen LogP contribution is -2.41. The SMILES string of the molecule is CC1(C)OB(C(=Cc2cc(F)cc(C(=O)O)c2N)CS)OC1(C)C. The Morgan fingerprint density at radius 3 is 2.33 bits per heavy atom. The first-order valence-corrected chi connectivity index (χ1v) is 8.11. The first kappa shape index (κ1) is 18.8. The second kappa shape index (κ2) is 6.42. The van der Waals surface area contributed by atoms with Crippen LogP contribution in [0.25, 0.3) is 6.08 Å². The summed E-state index contributed by atoms with van der Waals surface area (Å²) in [7, 11) is -0.663. The van der Waals surface area contributed by atoms with Gasteiger partial charge in [0.1, 0.15) is 5.82 Å². The third-order valence-electron chi connectivity index (χ3n) is 4.49. The van der Waals surface area contributed by atoms with Crippen molar-refractivity contribution in [3.63, 3.8) is 0 Å². The maximum atomic E-state index is 13.7. The monoisotopic (exact) mass is 353 g/mol. The van der Waals surface area contributed by atoms with Gasteiger partial charge >= 0.3 is 13.1 Å². The van der Waals surface area contributed by atoms with E-state index in [1.165, 1.54) is 6.07 Å². The maximum absolute atomic E-state index is 13.7. The van der Waals surface area contributed by atoms with E-state index in [1.54, 1.807) is 6.08 Å². The van der Waals surface area contributed by atoms with Gasteiger partial charge in [-0.15, -0.1) is 0 Å². The third kappa shape index (κ3) is 3.45. The molecule has 8 heteroatoms. The molecule has 0 saturated carbocycles. The summed E-state index contributed by atoms with van der Waals surface area (Å²) in [6, 6.07) is 2.07. The molecule has 1 aromatic rings. The number of hydrogen-bond donors (Lipinski definition) is 3. The topological polar surface area (TPSA) is 81.8 Å². The van der Waals surface area contributed by atoms with E-state index in [9.17, 15) is 9.18 Å². The molecular weight excluding hydrogens is 332 g/mol. The summed E-state index contributed by atoms with van der Waals surface area (Å²) >= 11 is 4.28. The number of nitrogen functional groups attached to an aromatic ring is 1. The van der Waals surface area contributed by atoms with E-state index in [0.717, 1.165) is 6.07 Å². The van der Waals surface area contributed by atoms with E-state index in [1.807, 2.05) is 27.7 Å². The fourth-order valence-corrected chi connectivity index (χ4v) is 2.56. The number of thiol groups is 1. The number of anilines is 1. The van der Waals surface area contributed by atoms with E-state index in [2.05, 4.69) is 12.6 Å². The molecule has 130 valence electrons. The molecule has 1 fully saturated rings. The summed E-state index contributed by atoms with van der Waals surface area (Å²) < 4.78 is 25.6. The number of nitrogens with two attached hydrogens (primary N) is 1. The minimum atomic E-state index is -1.29. The molecule has 5 nitrogen and oxygen atoms in total. The first-order chi connectivity index (χ1) is 11.0. The van der Waals surface area contributed by atoms with Gasteiger partial charge < -0.3 is 20.1 Å². The van der Waals surface area contributed by atoms with Gasteiger partial charge in [-0.3, -0.25) is 0 Å². The van der Waals surface area contributed by atoms with Gasteiger partial charge in [0, 0.05) is 11.3 Å². The van der Waals surface area contributed by atoms with Crippen molar-refractivity contribution in [1.82, 2.24) is 0 Å². The predicted octanol–water partition coefficient (Wildman–Crippen LogP) is 3.05. The Labute approximate surface area is 146 Å². The normalized spacial score (nSPS) is 19.6. The molecule has 1 heterocycles. The highest BCUT2D eigenvalue weighted by Crippen LogP contribution is 2.39. The third-order valence-corrected chi connectivity index (χ3v) is 4.85. The van der Waals surface area contributed by atoms with Gasteiger partial charge in [0.05, 0.1) is 22.5 Å². The molecule has 0 amide bonds. The van der Waals surface area contributed by atoms with Crippen molar-refractivity contribution >= 4 is 37.5 Å². The van der Waals surface area contributed by atoms with Crippen LogP contribution in [-0.4, -0.2) is 35.1 Å². The molecule has 24 heavy (non-hydrogen) atoms. The Kier molecular flexibility index (Phi) is 5.04. The molecular formula is C16H21BFNO4S. The summed E-state index contributed by atoms with van der Waals surface area (Å²) in [6.07, 6.45) is 1.57. The van der Waals surface area contributed by atoms with Gasteiger partial charge in [-0.2, -0.15) is 12.6 Å². The smallest absolute Gasteiger partial charge is 0.478 e. The van der Waals surface area contributed by atoms with E-state index in [0.29, 0.717) is 5.47 Å². The van der Waals surface area contributed by atoms with Crippen LogP contribution in [0.4, 0.5) is 10.1 Å². The molecule has 0 unspecified atom stereocenters. The van der Waals surface area contributed by atoms with Crippen LogP contribution in [0, 0.1) is 5.82 Å². The van der Waals surface area contributed by atoms with Gasteiger partial charge in [-0.1, -0.05) is 6.08 Å². The number of hydrogen-bond acceptors (Lipinski definition) is 5. The fourth-order valence-electron chi connectivity index (χ4n) is 2.32. The lowest BCUT2D eigenvalue weighted by Gasteiger charge is -2.32. The minimum Gasteiger partial charge on any atom is -0.478 e. The van der Waals surface area contributed by atoms with Crippen LogP contribution in [0.5, 0.6) is 0 Å². The molecule has 0 atom stereocenters. The average molecular weight is 353 g/mol. The number of benzene rings is 1. The minimum absolute atomic E-state index is 0.0142. The van der Waals surface area contributed by atoms with E-state index < -0.39 is 30.1 Å². The fraction of sp³-hybridized carbons (Fsp3) is 0.438. The molecule has 1 aromatic carbocycles. The van der Waals surface area contributed by atoms with Crippen LogP contribution < -0.4 is 5.73 Å². The summed E-state index contributed by atoms with van der Waals surface area (Å²) in [4.78, 5) is 11.2. The second-order valence-electron chi connectivity index (χ2n) is 6.73. The maximum Gasteiger partial charge on any atom is 0.491 e. The predicted molar refractivity (Wildman–Crippen MR) is 95.7 cm³/mol. The molecule has 0 bridgehead atoms. The number of aromatic carboxylic acids is 1. The van der Waals surface area contributed by atoms with Crippen molar-refractivity contribution in [2.75, 3.05) is 11.5 Å².